The molecule has 2 N–H and O–H groups in total. The Morgan fingerprint density at radius 1 is 1.38 bits per heavy atom. The van der Waals surface area contributed by atoms with Crippen molar-refractivity contribution in [3.05, 3.63) is 29.3 Å². The Balaban J connectivity index is 2.94. The molecule has 1 unspecified atom stereocenters. The molecule has 112 valence electrons. The van der Waals surface area contributed by atoms with Gasteiger partial charge in [0.1, 0.15) is 5.38 Å². The third-order valence-electron chi connectivity index (χ3n) is 2.30. The van der Waals surface area contributed by atoms with Crippen LogP contribution in [0.25, 0.3) is 0 Å². The number of nitrogens with one attached hydrogen (secondary N) is 2. The van der Waals surface area contributed by atoms with Gasteiger partial charge in [-0.15, -0.1) is 11.6 Å². The molecule has 0 aliphatic carbocycles. The lowest BCUT2D eigenvalue weighted by Crippen LogP contribution is -2.38. The van der Waals surface area contributed by atoms with E-state index in [4.69, 9.17) is 16.9 Å². The fraction of sp³-hybridized carbons (Fsp3) is 0.250. The normalized spacial score (nSPS) is 12.2. The third kappa shape index (κ3) is 4.65. The molecule has 1 rings (SSSR count). The van der Waals surface area contributed by atoms with Gasteiger partial charge in [0.2, 0.25) is 5.91 Å². The number of benzene rings is 1. The van der Waals surface area contributed by atoms with Crippen LogP contribution in [-0.2, 0) is 11.0 Å². The molecular weight excluding hydrogens is 311 g/mol. The average Bonchev–Trinajstić information content (AvgIpc) is 2.37. The number of rotatable bonds is 2. The van der Waals surface area contributed by atoms with Crippen molar-refractivity contribution < 1.29 is 22.8 Å². The van der Waals surface area contributed by atoms with Crippen LogP contribution >= 0.6 is 11.6 Å². The fourth-order valence-electron chi connectivity index (χ4n) is 1.33. The third-order valence-corrected chi connectivity index (χ3v) is 2.50. The number of amides is 3. The van der Waals surface area contributed by atoms with Crippen LogP contribution in [-0.4, -0.2) is 17.3 Å². The van der Waals surface area contributed by atoms with Gasteiger partial charge < -0.3 is 5.32 Å². The van der Waals surface area contributed by atoms with Crippen molar-refractivity contribution in [1.29, 1.82) is 5.26 Å². The lowest BCUT2D eigenvalue weighted by atomic mass is 10.1. The molecule has 1 aromatic rings. The molecule has 0 spiro atoms. The van der Waals surface area contributed by atoms with E-state index in [1.807, 2.05) is 5.32 Å². The number of halogens is 4. The molecule has 0 heterocycles. The predicted octanol–water partition coefficient (Wildman–Crippen LogP) is 2.85. The summed E-state index contributed by atoms with van der Waals surface area (Å²) < 4.78 is 38.2. The van der Waals surface area contributed by atoms with Gasteiger partial charge in [0.25, 0.3) is 0 Å². The van der Waals surface area contributed by atoms with Crippen molar-refractivity contribution in [1.82, 2.24) is 5.32 Å². The number of imide groups is 1. The Morgan fingerprint density at radius 3 is 2.48 bits per heavy atom. The zero-order chi connectivity index (χ0) is 16.2. The highest BCUT2D eigenvalue weighted by molar-refractivity contribution is 6.31. The highest BCUT2D eigenvalue weighted by Crippen LogP contribution is 2.33. The van der Waals surface area contributed by atoms with E-state index >= 15 is 0 Å². The smallest absolute Gasteiger partial charge is 0.308 e. The Morgan fingerprint density at radius 2 is 2.00 bits per heavy atom. The number of carbonyl (C=O) groups is 2. The first-order valence-corrected chi connectivity index (χ1v) is 5.96. The van der Waals surface area contributed by atoms with Gasteiger partial charge in [0, 0.05) is 5.69 Å². The van der Waals surface area contributed by atoms with Crippen molar-refractivity contribution >= 4 is 29.2 Å². The summed E-state index contributed by atoms with van der Waals surface area (Å²) in [7, 11) is 0. The number of carbonyl (C=O) groups excluding carboxylic acids is 2. The van der Waals surface area contributed by atoms with E-state index in [9.17, 15) is 22.8 Å². The maximum atomic E-state index is 12.7. The van der Waals surface area contributed by atoms with Gasteiger partial charge in [-0.25, -0.2) is 4.79 Å². The Kier molecular flexibility index (Phi) is 5.16. The zero-order valence-electron chi connectivity index (χ0n) is 10.6. The molecule has 1 aromatic carbocycles. The summed E-state index contributed by atoms with van der Waals surface area (Å²) in [6, 6.07) is 3.03. The van der Waals surface area contributed by atoms with Crippen molar-refractivity contribution in [2.24, 2.45) is 0 Å². The highest BCUT2D eigenvalue weighted by atomic mass is 35.5. The van der Waals surface area contributed by atoms with Crippen LogP contribution in [0.3, 0.4) is 0 Å². The van der Waals surface area contributed by atoms with Crippen molar-refractivity contribution in [3.8, 4) is 6.07 Å². The second kappa shape index (κ2) is 6.45. The zero-order valence-corrected chi connectivity index (χ0v) is 11.3. The number of nitrogens with zero attached hydrogens (tertiary/aromatic N) is 1. The van der Waals surface area contributed by atoms with Crippen LogP contribution in [0.5, 0.6) is 0 Å². The van der Waals surface area contributed by atoms with Crippen molar-refractivity contribution in [2.75, 3.05) is 5.32 Å². The van der Waals surface area contributed by atoms with Crippen LogP contribution in [0.1, 0.15) is 18.1 Å². The molecule has 0 aliphatic heterocycles. The van der Waals surface area contributed by atoms with Gasteiger partial charge in [0.05, 0.1) is 17.2 Å². The van der Waals surface area contributed by atoms with Crippen LogP contribution in [0.15, 0.2) is 18.2 Å². The maximum Gasteiger partial charge on any atom is 0.417 e. The molecule has 0 saturated heterocycles. The Bertz CT molecular complexity index is 609. The molecule has 0 saturated carbocycles. The van der Waals surface area contributed by atoms with Gasteiger partial charge >= 0.3 is 12.2 Å². The molecule has 9 heteroatoms. The number of urea groups is 1. The molecule has 0 fully saturated rings. The first-order chi connectivity index (χ1) is 9.65. The van der Waals surface area contributed by atoms with Crippen LogP contribution in [0.4, 0.5) is 23.7 Å². The van der Waals surface area contributed by atoms with E-state index in [0.717, 1.165) is 12.1 Å². The van der Waals surface area contributed by atoms with Gasteiger partial charge in [-0.05, 0) is 25.1 Å². The molecule has 0 bridgehead atoms. The minimum absolute atomic E-state index is 0.214. The fourth-order valence-corrected chi connectivity index (χ4v) is 1.38. The van der Waals surface area contributed by atoms with Gasteiger partial charge in [0.15, 0.2) is 0 Å². The second-order valence-corrected chi connectivity index (χ2v) is 4.58. The summed E-state index contributed by atoms with van der Waals surface area (Å²) in [5, 5.41) is 11.6. The van der Waals surface area contributed by atoms with E-state index in [-0.39, 0.29) is 5.69 Å². The largest absolute Gasteiger partial charge is 0.417 e. The van der Waals surface area contributed by atoms with Gasteiger partial charge in [-0.3, -0.25) is 10.1 Å². The minimum atomic E-state index is -4.74. The van der Waals surface area contributed by atoms with E-state index in [1.54, 1.807) is 0 Å². The van der Waals surface area contributed by atoms with Crippen molar-refractivity contribution in [3.63, 3.8) is 0 Å². The number of hydrogen-bond acceptors (Lipinski definition) is 3. The summed E-state index contributed by atoms with van der Waals surface area (Å²) in [5.41, 5.74) is -1.97. The number of alkyl halides is 4. The lowest BCUT2D eigenvalue weighted by molar-refractivity contribution is -0.137. The van der Waals surface area contributed by atoms with Gasteiger partial charge in [-0.2, -0.15) is 18.4 Å². The molecular formula is C12H9ClF3N3O2. The SMILES string of the molecule is CC(Cl)C(=O)NC(=O)Nc1ccc(C#N)c(C(F)(F)F)c1. The number of anilines is 1. The molecule has 0 radical (unpaired) electrons. The monoisotopic (exact) mass is 319 g/mol. The quantitative estimate of drug-likeness (QED) is 0.822. The highest BCUT2D eigenvalue weighted by Gasteiger charge is 2.34. The molecule has 0 aliphatic rings. The standard InChI is InChI=1S/C12H9ClF3N3O2/c1-6(13)10(20)19-11(21)18-8-3-2-7(5-17)9(4-8)12(14,15)16/h2-4,6H,1H3,(H2,18,19,20,21). The van der Waals surface area contributed by atoms with E-state index in [2.05, 4.69) is 5.32 Å². The number of nitriles is 1. The minimum Gasteiger partial charge on any atom is -0.308 e. The number of hydrogen-bond donors (Lipinski definition) is 2. The first-order valence-electron chi connectivity index (χ1n) is 5.52. The summed E-state index contributed by atoms with van der Waals surface area (Å²) >= 11 is 5.42. The van der Waals surface area contributed by atoms with E-state index in [1.165, 1.54) is 13.0 Å². The maximum absolute atomic E-state index is 12.7. The van der Waals surface area contributed by atoms with Gasteiger partial charge in [-0.1, -0.05) is 0 Å². The summed E-state index contributed by atoms with van der Waals surface area (Å²) in [5.74, 6) is -0.793. The first kappa shape index (κ1) is 16.8. The average molecular weight is 320 g/mol. The summed E-state index contributed by atoms with van der Waals surface area (Å²) in [4.78, 5) is 22.5. The predicted molar refractivity (Wildman–Crippen MR) is 68.6 cm³/mol. The van der Waals surface area contributed by atoms with E-state index < -0.39 is 34.6 Å². The van der Waals surface area contributed by atoms with Crippen LogP contribution in [0, 0.1) is 11.3 Å². The summed E-state index contributed by atoms with van der Waals surface area (Å²) in [6.45, 7) is 1.33. The molecule has 0 aromatic heterocycles. The molecule has 21 heavy (non-hydrogen) atoms. The van der Waals surface area contributed by atoms with Crippen LogP contribution in [0.2, 0.25) is 0 Å². The summed E-state index contributed by atoms with van der Waals surface area (Å²) in [6.07, 6.45) is -4.74. The van der Waals surface area contributed by atoms with Crippen LogP contribution < -0.4 is 10.6 Å². The molecule has 1 atom stereocenters. The molecule has 3 amide bonds. The van der Waals surface area contributed by atoms with Crippen molar-refractivity contribution in [2.45, 2.75) is 18.5 Å². The second-order valence-electron chi connectivity index (χ2n) is 3.93. The lowest BCUT2D eigenvalue weighted by Gasteiger charge is -2.12. The molecule has 5 nitrogen and oxygen atoms in total. The Labute approximate surface area is 122 Å². The topological polar surface area (TPSA) is 82.0 Å². The Hall–Kier alpha value is -2.27. The van der Waals surface area contributed by atoms with E-state index in [0.29, 0.717) is 6.07 Å².